The van der Waals surface area contributed by atoms with Crippen LogP contribution < -0.4 is 4.90 Å². The van der Waals surface area contributed by atoms with Gasteiger partial charge >= 0.3 is 0 Å². The topological polar surface area (TPSA) is 19.4 Å². The van der Waals surface area contributed by atoms with Gasteiger partial charge in [0.05, 0.1) is 5.69 Å². The molecule has 0 saturated carbocycles. The van der Waals surface area contributed by atoms with Crippen molar-refractivity contribution >= 4 is 16.5 Å². The van der Waals surface area contributed by atoms with E-state index in [9.17, 15) is 8.78 Å². The van der Waals surface area contributed by atoms with Gasteiger partial charge in [-0.3, -0.25) is 0 Å². The predicted octanol–water partition coefficient (Wildman–Crippen LogP) is 2.84. The molecule has 20 heavy (non-hydrogen) atoms. The number of thiazole rings is 1. The second-order valence-corrected chi connectivity index (χ2v) is 5.77. The minimum atomic E-state index is -0.569. The molecule has 2 heterocycles. The molecular weight excluding hydrogens is 280 g/mol. The van der Waals surface area contributed by atoms with E-state index >= 15 is 0 Å². The molecular formula is C14H15F2N3S. The minimum Gasteiger partial charge on any atom is -0.346 e. The van der Waals surface area contributed by atoms with E-state index in [0.717, 1.165) is 37.4 Å². The molecule has 0 unspecified atom stereocenters. The van der Waals surface area contributed by atoms with Gasteiger partial charge < -0.3 is 9.80 Å². The Labute approximate surface area is 120 Å². The standard InChI is InChI=1S/C14H15F2N3S/c1-18-4-6-19(7-5-18)14-17-13(9-20-14)11-3-2-10(15)8-12(11)16/h2-3,8-9H,4-7H2,1H3. The average molecular weight is 295 g/mol. The van der Waals surface area contributed by atoms with Crippen molar-refractivity contribution in [1.82, 2.24) is 9.88 Å². The second-order valence-electron chi connectivity index (χ2n) is 4.93. The predicted molar refractivity (Wildman–Crippen MR) is 77.2 cm³/mol. The van der Waals surface area contributed by atoms with Crippen LogP contribution in [0.25, 0.3) is 11.3 Å². The van der Waals surface area contributed by atoms with E-state index in [1.807, 2.05) is 5.38 Å². The quantitative estimate of drug-likeness (QED) is 0.849. The highest BCUT2D eigenvalue weighted by atomic mass is 32.1. The first-order valence-electron chi connectivity index (χ1n) is 6.48. The molecule has 0 spiro atoms. The summed E-state index contributed by atoms with van der Waals surface area (Å²) < 4.78 is 26.7. The smallest absolute Gasteiger partial charge is 0.185 e. The monoisotopic (exact) mass is 295 g/mol. The molecule has 1 aromatic carbocycles. The van der Waals surface area contributed by atoms with E-state index in [2.05, 4.69) is 21.8 Å². The molecule has 0 aliphatic carbocycles. The molecule has 1 aliphatic heterocycles. The van der Waals surface area contributed by atoms with E-state index in [1.165, 1.54) is 23.5 Å². The van der Waals surface area contributed by atoms with Crippen LogP contribution >= 0.6 is 11.3 Å². The van der Waals surface area contributed by atoms with Gasteiger partial charge in [0, 0.05) is 43.2 Å². The van der Waals surface area contributed by atoms with Crippen molar-refractivity contribution < 1.29 is 8.78 Å². The summed E-state index contributed by atoms with van der Waals surface area (Å²) in [4.78, 5) is 8.96. The lowest BCUT2D eigenvalue weighted by molar-refractivity contribution is 0.313. The Morgan fingerprint density at radius 2 is 1.90 bits per heavy atom. The van der Waals surface area contributed by atoms with Crippen molar-refractivity contribution in [3.8, 4) is 11.3 Å². The van der Waals surface area contributed by atoms with Crippen LogP contribution in [0.3, 0.4) is 0 Å². The van der Waals surface area contributed by atoms with Crippen LogP contribution in [0.15, 0.2) is 23.6 Å². The summed E-state index contributed by atoms with van der Waals surface area (Å²) in [6, 6.07) is 3.59. The maximum absolute atomic E-state index is 13.7. The molecule has 1 aliphatic rings. The number of benzene rings is 1. The van der Waals surface area contributed by atoms with Crippen LogP contribution in [-0.2, 0) is 0 Å². The van der Waals surface area contributed by atoms with Crippen LogP contribution in [0.1, 0.15) is 0 Å². The fourth-order valence-corrected chi connectivity index (χ4v) is 3.11. The summed E-state index contributed by atoms with van der Waals surface area (Å²) in [5, 5.41) is 2.72. The number of halogens is 2. The number of nitrogens with zero attached hydrogens (tertiary/aromatic N) is 3. The Morgan fingerprint density at radius 3 is 2.60 bits per heavy atom. The van der Waals surface area contributed by atoms with Gasteiger partial charge in [0.15, 0.2) is 5.13 Å². The second kappa shape index (κ2) is 5.46. The number of aromatic nitrogens is 1. The molecule has 0 amide bonds. The summed E-state index contributed by atoms with van der Waals surface area (Å²) in [6.07, 6.45) is 0. The van der Waals surface area contributed by atoms with Crippen molar-refractivity contribution in [3.05, 3.63) is 35.2 Å². The highest BCUT2D eigenvalue weighted by Gasteiger charge is 2.18. The summed E-state index contributed by atoms with van der Waals surface area (Å²) in [5.41, 5.74) is 0.921. The zero-order chi connectivity index (χ0) is 14.1. The Hall–Kier alpha value is -1.53. The molecule has 1 saturated heterocycles. The lowest BCUT2D eigenvalue weighted by Crippen LogP contribution is -2.44. The number of rotatable bonds is 2. The number of hydrogen-bond acceptors (Lipinski definition) is 4. The highest BCUT2D eigenvalue weighted by Crippen LogP contribution is 2.29. The molecule has 0 bridgehead atoms. The van der Waals surface area contributed by atoms with E-state index in [0.29, 0.717) is 11.3 Å². The highest BCUT2D eigenvalue weighted by molar-refractivity contribution is 7.14. The molecule has 2 aromatic rings. The Balaban J connectivity index is 1.83. The van der Waals surface area contributed by atoms with Gasteiger partial charge in [-0.25, -0.2) is 13.8 Å². The normalized spacial score (nSPS) is 16.6. The van der Waals surface area contributed by atoms with Crippen LogP contribution in [-0.4, -0.2) is 43.1 Å². The minimum absolute atomic E-state index is 0.350. The van der Waals surface area contributed by atoms with E-state index in [4.69, 9.17) is 0 Å². The Bertz CT molecular complexity index is 606. The van der Waals surface area contributed by atoms with E-state index < -0.39 is 11.6 Å². The number of hydrogen-bond donors (Lipinski definition) is 0. The molecule has 0 atom stereocenters. The fraction of sp³-hybridized carbons (Fsp3) is 0.357. The number of anilines is 1. The lowest BCUT2D eigenvalue weighted by atomic mass is 10.1. The first-order valence-corrected chi connectivity index (χ1v) is 7.36. The molecule has 0 N–H and O–H groups in total. The molecule has 3 rings (SSSR count). The van der Waals surface area contributed by atoms with Gasteiger partial charge in [-0.05, 0) is 19.2 Å². The van der Waals surface area contributed by atoms with Gasteiger partial charge in [-0.15, -0.1) is 11.3 Å². The van der Waals surface area contributed by atoms with Gasteiger partial charge in [0.25, 0.3) is 0 Å². The SMILES string of the molecule is CN1CCN(c2nc(-c3ccc(F)cc3F)cs2)CC1. The van der Waals surface area contributed by atoms with E-state index in [1.54, 1.807) is 0 Å². The average Bonchev–Trinajstić information content (AvgIpc) is 2.89. The van der Waals surface area contributed by atoms with Crippen molar-refractivity contribution in [2.75, 3.05) is 38.1 Å². The number of piperazine rings is 1. The van der Waals surface area contributed by atoms with Crippen LogP contribution in [0.5, 0.6) is 0 Å². The van der Waals surface area contributed by atoms with Crippen molar-refractivity contribution in [2.45, 2.75) is 0 Å². The summed E-state index contributed by atoms with van der Waals surface area (Å²) in [6.45, 7) is 3.85. The molecule has 106 valence electrons. The lowest BCUT2D eigenvalue weighted by Gasteiger charge is -2.32. The summed E-state index contributed by atoms with van der Waals surface area (Å²) in [5.74, 6) is -1.14. The molecule has 0 radical (unpaired) electrons. The third kappa shape index (κ3) is 2.66. The van der Waals surface area contributed by atoms with E-state index in [-0.39, 0.29) is 0 Å². The summed E-state index contributed by atoms with van der Waals surface area (Å²) in [7, 11) is 2.10. The maximum Gasteiger partial charge on any atom is 0.185 e. The third-order valence-corrected chi connectivity index (χ3v) is 4.37. The van der Waals surface area contributed by atoms with Crippen LogP contribution in [0.2, 0.25) is 0 Å². The van der Waals surface area contributed by atoms with Crippen molar-refractivity contribution in [1.29, 1.82) is 0 Å². The zero-order valence-electron chi connectivity index (χ0n) is 11.1. The van der Waals surface area contributed by atoms with Gasteiger partial charge in [0.1, 0.15) is 11.6 Å². The van der Waals surface area contributed by atoms with Crippen LogP contribution in [0.4, 0.5) is 13.9 Å². The molecule has 1 aromatic heterocycles. The maximum atomic E-state index is 13.7. The van der Waals surface area contributed by atoms with Gasteiger partial charge in [-0.2, -0.15) is 0 Å². The van der Waals surface area contributed by atoms with Crippen molar-refractivity contribution in [2.24, 2.45) is 0 Å². The Morgan fingerprint density at radius 1 is 1.15 bits per heavy atom. The third-order valence-electron chi connectivity index (χ3n) is 3.47. The summed E-state index contributed by atoms with van der Waals surface area (Å²) >= 11 is 1.50. The Kier molecular flexibility index (Phi) is 3.67. The first-order chi connectivity index (χ1) is 9.63. The first kappa shape index (κ1) is 13.5. The van der Waals surface area contributed by atoms with Crippen molar-refractivity contribution in [3.63, 3.8) is 0 Å². The molecule has 3 nitrogen and oxygen atoms in total. The van der Waals surface area contributed by atoms with Gasteiger partial charge in [-0.1, -0.05) is 0 Å². The van der Waals surface area contributed by atoms with Crippen LogP contribution in [0, 0.1) is 11.6 Å². The fourth-order valence-electron chi connectivity index (χ4n) is 2.23. The number of likely N-dealkylation sites (N-methyl/N-ethyl adjacent to an activating group) is 1. The van der Waals surface area contributed by atoms with Gasteiger partial charge in [0.2, 0.25) is 0 Å². The molecule has 1 fully saturated rings. The largest absolute Gasteiger partial charge is 0.346 e. The zero-order valence-corrected chi connectivity index (χ0v) is 12.0. The molecule has 6 heteroatoms.